The van der Waals surface area contributed by atoms with Crippen LogP contribution in [0, 0.1) is 11.3 Å². The van der Waals surface area contributed by atoms with E-state index < -0.39 is 0 Å². The van der Waals surface area contributed by atoms with Crippen molar-refractivity contribution in [3.63, 3.8) is 0 Å². The fourth-order valence-electron chi connectivity index (χ4n) is 1.61. The molecule has 13 heavy (non-hydrogen) atoms. The minimum Gasteiger partial charge on any atom is -0.313 e. The number of rotatable bonds is 5. The van der Waals surface area contributed by atoms with Crippen LogP contribution in [0.25, 0.3) is 0 Å². The summed E-state index contributed by atoms with van der Waals surface area (Å²) < 4.78 is 0. The zero-order valence-electron chi connectivity index (χ0n) is 10.3. The van der Waals surface area contributed by atoms with Crippen LogP contribution in [0.3, 0.4) is 0 Å². The molecule has 0 heterocycles. The van der Waals surface area contributed by atoms with Gasteiger partial charge in [-0.05, 0) is 30.7 Å². The fraction of sp³-hybridized carbons (Fsp3) is 1.00. The van der Waals surface area contributed by atoms with Gasteiger partial charge in [-0.25, -0.2) is 0 Å². The molecule has 1 heteroatoms. The average Bonchev–Trinajstić information content (AvgIpc) is 1.95. The van der Waals surface area contributed by atoms with Crippen LogP contribution in [0.5, 0.6) is 0 Å². The molecule has 1 nitrogen and oxygen atoms in total. The molecule has 1 atom stereocenters. The molecule has 0 aliphatic rings. The SMILES string of the molecule is CCC(NCCC(C)C)C(C)(C)C. The Balaban J connectivity index is 3.73. The molecule has 1 N–H and O–H groups in total. The zero-order chi connectivity index (χ0) is 10.5. The summed E-state index contributed by atoms with van der Waals surface area (Å²) in [4.78, 5) is 0. The first kappa shape index (κ1) is 13.0. The summed E-state index contributed by atoms with van der Waals surface area (Å²) in [5.74, 6) is 0.810. The summed E-state index contributed by atoms with van der Waals surface area (Å²) in [6, 6.07) is 0.659. The highest BCUT2D eigenvalue weighted by atomic mass is 14.9. The molecule has 0 bridgehead atoms. The maximum atomic E-state index is 3.64. The molecule has 0 rings (SSSR count). The number of hydrogen-bond acceptors (Lipinski definition) is 1. The first-order valence-electron chi connectivity index (χ1n) is 5.61. The smallest absolute Gasteiger partial charge is 0.0113 e. The molecule has 0 spiro atoms. The Morgan fingerprint density at radius 1 is 1.15 bits per heavy atom. The van der Waals surface area contributed by atoms with Gasteiger partial charge in [0, 0.05) is 6.04 Å². The number of hydrogen-bond donors (Lipinski definition) is 1. The first-order chi connectivity index (χ1) is 5.88. The highest BCUT2D eigenvalue weighted by Gasteiger charge is 2.21. The van der Waals surface area contributed by atoms with E-state index in [0.29, 0.717) is 11.5 Å². The van der Waals surface area contributed by atoms with Gasteiger partial charge in [0.25, 0.3) is 0 Å². The lowest BCUT2D eigenvalue weighted by atomic mass is 9.85. The van der Waals surface area contributed by atoms with Crippen LogP contribution in [-0.2, 0) is 0 Å². The van der Waals surface area contributed by atoms with Gasteiger partial charge in [-0.1, -0.05) is 41.5 Å². The van der Waals surface area contributed by atoms with Gasteiger partial charge in [-0.2, -0.15) is 0 Å². The lowest BCUT2D eigenvalue weighted by molar-refractivity contribution is 0.257. The zero-order valence-corrected chi connectivity index (χ0v) is 10.3. The summed E-state index contributed by atoms with van der Waals surface area (Å²) in [5, 5.41) is 3.64. The summed E-state index contributed by atoms with van der Waals surface area (Å²) in [7, 11) is 0. The van der Waals surface area contributed by atoms with E-state index >= 15 is 0 Å². The van der Waals surface area contributed by atoms with Crippen molar-refractivity contribution < 1.29 is 0 Å². The standard InChI is InChI=1S/C12H27N/c1-7-11(12(4,5)6)13-9-8-10(2)3/h10-11,13H,7-9H2,1-6H3. The van der Waals surface area contributed by atoms with Crippen molar-refractivity contribution in [2.75, 3.05) is 6.54 Å². The van der Waals surface area contributed by atoms with E-state index in [1.54, 1.807) is 0 Å². The van der Waals surface area contributed by atoms with Gasteiger partial charge < -0.3 is 5.32 Å². The van der Waals surface area contributed by atoms with Gasteiger partial charge >= 0.3 is 0 Å². The highest BCUT2D eigenvalue weighted by Crippen LogP contribution is 2.21. The van der Waals surface area contributed by atoms with E-state index in [4.69, 9.17) is 0 Å². The van der Waals surface area contributed by atoms with E-state index in [1.165, 1.54) is 12.8 Å². The van der Waals surface area contributed by atoms with Gasteiger partial charge in [-0.3, -0.25) is 0 Å². The molecule has 0 saturated carbocycles. The fourth-order valence-corrected chi connectivity index (χ4v) is 1.61. The second kappa shape index (κ2) is 5.64. The monoisotopic (exact) mass is 185 g/mol. The lowest BCUT2D eigenvalue weighted by Gasteiger charge is -2.31. The van der Waals surface area contributed by atoms with Crippen molar-refractivity contribution in [1.82, 2.24) is 5.32 Å². The van der Waals surface area contributed by atoms with Crippen LogP contribution in [0.15, 0.2) is 0 Å². The minimum absolute atomic E-state index is 0.395. The third kappa shape index (κ3) is 6.09. The van der Waals surface area contributed by atoms with E-state index in [1.807, 2.05) is 0 Å². The maximum absolute atomic E-state index is 3.64. The minimum atomic E-state index is 0.395. The third-order valence-electron chi connectivity index (χ3n) is 2.57. The predicted octanol–water partition coefficient (Wildman–Crippen LogP) is 3.45. The molecule has 0 aromatic carbocycles. The van der Waals surface area contributed by atoms with Gasteiger partial charge in [0.1, 0.15) is 0 Å². The van der Waals surface area contributed by atoms with Crippen LogP contribution in [0.4, 0.5) is 0 Å². The predicted molar refractivity (Wildman–Crippen MR) is 61.0 cm³/mol. The van der Waals surface area contributed by atoms with E-state index in [0.717, 1.165) is 12.5 Å². The molecular formula is C12H27N. The topological polar surface area (TPSA) is 12.0 Å². The Morgan fingerprint density at radius 2 is 1.69 bits per heavy atom. The molecule has 0 aromatic heterocycles. The van der Waals surface area contributed by atoms with E-state index in [2.05, 4.69) is 46.9 Å². The Labute approximate surface area is 84.3 Å². The lowest BCUT2D eigenvalue weighted by Crippen LogP contribution is -2.40. The van der Waals surface area contributed by atoms with Gasteiger partial charge in [0.2, 0.25) is 0 Å². The van der Waals surface area contributed by atoms with Gasteiger partial charge in [0.15, 0.2) is 0 Å². The molecule has 0 saturated heterocycles. The van der Waals surface area contributed by atoms with Crippen molar-refractivity contribution >= 4 is 0 Å². The summed E-state index contributed by atoms with van der Waals surface area (Å²) >= 11 is 0. The Morgan fingerprint density at radius 3 is 2.00 bits per heavy atom. The molecule has 80 valence electrons. The van der Waals surface area contributed by atoms with Gasteiger partial charge in [-0.15, -0.1) is 0 Å². The van der Waals surface area contributed by atoms with Crippen LogP contribution in [0.2, 0.25) is 0 Å². The Hall–Kier alpha value is -0.0400. The third-order valence-corrected chi connectivity index (χ3v) is 2.57. The summed E-state index contributed by atoms with van der Waals surface area (Å²) in [6.07, 6.45) is 2.51. The van der Waals surface area contributed by atoms with Crippen LogP contribution in [0.1, 0.15) is 54.4 Å². The van der Waals surface area contributed by atoms with Crippen molar-refractivity contribution in [1.29, 1.82) is 0 Å². The maximum Gasteiger partial charge on any atom is 0.0113 e. The van der Waals surface area contributed by atoms with Crippen molar-refractivity contribution in [3.8, 4) is 0 Å². The molecule has 0 amide bonds. The van der Waals surface area contributed by atoms with Crippen LogP contribution < -0.4 is 5.32 Å². The average molecular weight is 185 g/mol. The quantitative estimate of drug-likeness (QED) is 0.692. The van der Waals surface area contributed by atoms with E-state index in [9.17, 15) is 0 Å². The normalized spacial score (nSPS) is 15.0. The highest BCUT2D eigenvalue weighted by molar-refractivity contribution is 4.78. The molecule has 0 aliphatic carbocycles. The van der Waals surface area contributed by atoms with Crippen molar-refractivity contribution in [2.24, 2.45) is 11.3 Å². The molecule has 0 aliphatic heterocycles. The molecule has 0 radical (unpaired) electrons. The first-order valence-corrected chi connectivity index (χ1v) is 5.61. The van der Waals surface area contributed by atoms with Crippen molar-refractivity contribution in [2.45, 2.75) is 60.4 Å². The summed E-state index contributed by atoms with van der Waals surface area (Å²) in [6.45, 7) is 14.9. The number of nitrogens with one attached hydrogen (secondary N) is 1. The van der Waals surface area contributed by atoms with Crippen LogP contribution >= 0.6 is 0 Å². The van der Waals surface area contributed by atoms with Crippen molar-refractivity contribution in [3.05, 3.63) is 0 Å². The summed E-state index contributed by atoms with van der Waals surface area (Å²) in [5.41, 5.74) is 0.395. The molecule has 0 fully saturated rings. The van der Waals surface area contributed by atoms with Crippen LogP contribution in [-0.4, -0.2) is 12.6 Å². The van der Waals surface area contributed by atoms with Gasteiger partial charge in [0.05, 0.1) is 0 Å². The largest absolute Gasteiger partial charge is 0.313 e. The Kier molecular flexibility index (Phi) is 5.62. The second-order valence-electron chi connectivity index (χ2n) is 5.46. The second-order valence-corrected chi connectivity index (χ2v) is 5.46. The molecule has 0 aromatic rings. The molecular weight excluding hydrogens is 158 g/mol. The molecule has 1 unspecified atom stereocenters. The van der Waals surface area contributed by atoms with E-state index in [-0.39, 0.29) is 0 Å². The Bertz CT molecular complexity index is 122.